The first-order valence-corrected chi connectivity index (χ1v) is 0.651. The first kappa shape index (κ1) is 69.2. The van der Waals surface area contributed by atoms with E-state index in [1.165, 1.54) is 0 Å². The maximum Gasteiger partial charge on any atom is 2.00 e. The topological polar surface area (TPSA) is 152 Å². The van der Waals surface area contributed by atoms with E-state index in [4.69, 9.17) is 15.0 Å². The van der Waals surface area contributed by atoms with E-state index in [1.807, 2.05) is 0 Å². The van der Waals surface area contributed by atoms with Crippen LogP contribution in [-0.4, -0.2) is 73.2 Å². The minimum absolute atomic E-state index is 0. The van der Waals surface area contributed by atoms with Gasteiger partial charge < -0.3 is 29.5 Å². The van der Waals surface area contributed by atoms with Gasteiger partial charge in [0.1, 0.15) is 0 Å². The molecule has 0 unspecified atom stereocenters. The molecule has 0 aromatic rings. The van der Waals surface area contributed by atoms with E-state index in [9.17, 15) is 0 Å². The quantitative estimate of drug-likeness (QED) is 0.411. The van der Waals surface area contributed by atoms with Crippen LogP contribution in [0.4, 0.5) is 4.79 Å². The van der Waals surface area contributed by atoms with Crippen LogP contribution in [0.2, 0.25) is 0 Å². The summed E-state index contributed by atoms with van der Waals surface area (Å²) in [6, 6.07) is 0. The fraction of sp³-hybridized carbons (Fsp3) is 0. The molecule has 0 amide bonds. The number of hydrogen-bond acceptors (Lipinski definition) is 1. The predicted octanol–water partition coefficient (Wildman–Crippen LogP) is -3.59. The molecule has 0 fully saturated rings. The molecule has 0 saturated heterocycles. The van der Waals surface area contributed by atoms with Gasteiger partial charge in [-0.3, -0.25) is 0 Å². The monoisotopic (exact) mass is 227 g/mol. The molecule has 0 rings (SSSR count). The Kier molecular flexibility index (Phi) is 352. The first-order valence-electron chi connectivity index (χ1n) is 0.651. The molecule has 0 aromatic heterocycles. The van der Waals surface area contributed by atoms with Gasteiger partial charge >= 0.3 is 29.2 Å². The van der Waals surface area contributed by atoms with Gasteiger partial charge in [-0.15, -0.1) is 0 Å². The Labute approximate surface area is 97.6 Å². The van der Waals surface area contributed by atoms with Crippen LogP contribution in [0.15, 0.2) is 0 Å². The van der Waals surface area contributed by atoms with Gasteiger partial charge in [-0.1, -0.05) is 0 Å². The average molecular weight is 227 g/mol. The van der Waals surface area contributed by atoms with Crippen molar-refractivity contribution >= 4 is 46.6 Å². The van der Waals surface area contributed by atoms with Crippen molar-refractivity contribution in [2.24, 2.45) is 0 Å². The Morgan fingerprint density at radius 3 is 1.10 bits per heavy atom. The second-order valence-electron chi connectivity index (χ2n) is 0.283. The molecule has 0 heterocycles. The van der Waals surface area contributed by atoms with E-state index in [0.717, 1.165) is 0 Å². The van der Waals surface area contributed by atoms with Crippen LogP contribution >= 0.6 is 0 Å². The smallest absolute Gasteiger partial charge is 1.00 e. The zero-order valence-corrected chi connectivity index (χ0v) is 6.98. The second-order valence-corrected chi connectivity index (χ2v) is 0.283. The van der Waals surface area contributed by atoms with Crippen LogP contribution in [0.1, 0.15) is 2.85 Å². The van der Waals surface area contributed by atoms with Gasteiger partial charge in [0.25, 0.3) is 0 Å². The van der Waals surface area contributed by atoms with Gasteiger partial charge in [-0.2, -0.15) is 0 Å². The summed E-state index contributed by atoms with van der Waals surface area (Å²) in [5.41, 5.74) is 0. The van der Waals surface area contributed by atoms with Crippen LogP contribution in [0.3, 0.4) is 0 Å². The third-order valence-corrected chi connectivity index (χ3v) is 0. The predicted molar refractivity (Wildman–Crippen MR) is 39.4 cm³/mol. The maximum atomic E-state index is 8.56. The molecule has 0 saturated carbocycles. The summed E-state index contributed by atoms with van der Waals surface area (Å²) >= 11 is 0. The van der Waals surface area contributed by atoms with Gasteiger partial charge in [0.15, 0.2) is 17.4 Å². The summed E-state index contributed by atoms with van der Waals surface area (Å²) < 4.78 is 0. The van der Waals surface area contributed by atoms with Crippen molar-refractivity contribution in [1.29, 1.82) is 0 Å². The number of rotatable bonds is 0. The van der Waals surface area contributed by atoms with Crippen LogP contribution in [0, 0.1) is 0 Å². The van der Waals surface area contributed by atoms with Crippen molar-refractivity contribution < 1.29 is 51.4 Å². The largest absolute Gasteiger partial charge is 2.00 e. The number of carbonyl (C=O) groups is 1. The van der Waals surface area contributed by atoms with Crippen LogP contribution in [-0.2, 0) is 17.1 Å². The van der Waals surface area contributed by atoms with E-state index in [-0.39, 0.29) is 76.8 Å². The van der Waals surface area contributed by atoms with E-state index in [0.29, 0.717) is 0 Å². The van der Waals surface area contributed by atoms with Crippen molar-refractivity contribution in [1.82, 2.24) is 0 Å². The summed E-state index contributed by atoms with van der Waals surface area (Å²) in [6.45, 7) is 0. The Bertz CT molecular complexity index is 48.5. The molecular weight excluding hydrogens is 214 g/mol. The zero-order valence-electron chi connectivity index (χ0n) is 6.39. The summed E-state index contributed by atoms with van der Waals surface area (Å²) in [7, 11) is 0. The molecule has 8 N–H and O–H groups in total. The Hall–Kier alpha value is 0.968. The van der Waals surface area contributed by atoms with Crippen LogP contribution < -0.4 is 0 Å². The molecule has 9 heteroatoms. The molecule has 6 nitrogen and oxygen atoms in total. The molecule has 0 aromatic carbocycles. The van der Waals surface area contributed by atoms with Gasteiger partial charge in [0.05, 0.1) is 0 Å². The third kappa shape index (κ3) is 607. The standard InChI is InChI=1S/CH2O3.Al.Mg.Mn.3H2O.5H/c2-1(3)4;;;;;;;;;;;/h(H2,2,3,4);;;;3*1H2;;;;;/q;;+2;;;;;;;;2*-1. The molecule has 0 spiro atoms. The summed E-state index contributed by atoms with van der Waals surface area (Å²) in [4.78, 5) is 8.56. The molecular formula is CH13AlMgMnO6. The fourth-order valence-corrected chi connectivity index (χ4v) is 0. The van der Waals surface area contributed by atoms with Crippen molar-refractivity contribution in [3.05, 3.63) is 0 Å². The number of hydrogen-bond donors (Lipinski definition) is 2. The fourth-order valence-electron chi connectivity index (χ4n) is 0. The molecule has 1 radical (unpaired) electrons. The Morgan fingerprint density at radius 1 is 1.10 bits per heavy atom. The van der Waals surface area contributed by atoms with E-state index >= 15 is 0 Å². The van der Waals surface area contributed by atoms with Crippen molar-refractivity contribution in [2.45, 2.75) is 0 Å². The van der Waals surface area contributed by atoms with E-state index < -0.39 is 6.16 Å². The third-order valence-electron chi connectivity index (χ3n) is 0. The molecule has 0 aliphatic rings. The zero-order chi connectivity index (χ0) is 3.58. The summed E-state index contributed by atoms with van der Waals surface area (Å²) in [6.07, 6.45) is -1.83. The van der Waals surface area contributed by atoms with Gasteiger partial charge in [0, 0.05) is 17.1 Å². The first-order chi connectivity index (χ1) is 1.73. The summed E-state index contributed by atoms with van der Waals surface area (Å²) in [5, 5.41) is 13.9. The number of carboxylic acid groups (broad SMARTS) is 2. The second kappa shape index (κ2) is 50.9. The average Bonchev–Trinajstić information content (AvgIpc) is 0.811. The van der Waals surface area contributed by atoms with Gasteiger partial charge in [0.2, 0.25) is 0 Å². The molecule has 0 bridgehead atoms. The van der Waals surface area contributed by atoms with Crippen molar-refractivity contribution in [3.63, 3.8) is 0 Å². The summed E-state index contributed by atoms with van der Waals surface area (Å²) in [5.74, 6) is 0. The molecule has 10 heavy (non-hydrogen) atoms. The van der Waals surface area contributed by atoms with Gasteiger partial charge in [-0.05, 0) is 0 Å². The van der Waals surface area contributed by atoms with Crippen LogP contribution in [0.5, 0.6) is 0 Å². The van der Waals surface area contributed by atoms with Crippen LogP contribution in [0.25, 0.3) is 0 Å². The van der Waals surface area contributed by atoms with Gasteiger partial charge in [-0.25, -0.2) is 4.79 Å². The van der Waals surface area contributed by atoms with E-state index in [2.05, 4.69) is 0 Å². The molecule has 0 atom stereocenters. The normalized spacial score (nSPS) is 2.40. The Morgan fingerprint density at radius 2 is 1.10 bits per heavy atom. The minimum Gasteiger partial charge on any atom is -1.00 e. The van der Waals surface area contributed by atoms with Crippen molar-refractivity contribution in [2.75, 3.05) is 0 Å². The van der Waals surface area contributed by atoms with E-state index in [1.54, 1.807) is 0 Å². The minimum atomic E-state index is -1.83. The molecule has 65 valence electrons. The molecule has 0 aliphatic carbocycles. The SMILES string of the molecule is O.O.O.O=C(O)O.[AlH3].[H-].[H-].[Mg+2].[Mn]. The maximum absolute atomic E-state index is 8.56. The molecule has 0 aliphatic heterocycles. The van der Waals surface area contributed by atoms with Crippen molar-refractivity contribution in [3.8, 4) is 0 Å². The Balaban J connectivity index is -0.00000000161.